The van der Waals surface area contributed by atoms with E-state index in [4.69, 9.17) is 9.47 Å². The van der Waals surface area contributed by atoms with Gasteiger partial charge in [0.1, 0.15) is 5.75 Å². The van der Waals surface area contributed by atoms with Gasteiger partial charge in [0, 0.05) is 12.4 Å². The van der Waals surface area contributed by atoms with Crippen LogP contribution in [0, 0.1) is 0 Å². The predicted octanol–water partition coefficient (Wildman–Crippen LogP) is 1.74. The third-order valence-electron chi connectivity index (χ3n) is 3.50. The number of anilines is 1. The molecule has 2 heterocycles. The molecule has 2 aromatic heterocycles. The maximum atomic E-state index is 12.7. The molecule has 3 rings (SSSR count). The number of nitrogens with zero attached hydrogens (tertiary/aromatic N) is 4. The van der Waals surface area contributed by atoms with E-state index in [2.05, 4.69) is 25.9 Å². The molecule has 0 saturated heterocycles. The predicted molar refractivity (Wildman–Crippen MR) is 87.4 cm³/mol. The van der Waals surface area contributed by atoms with Crippen LogP contribution in [-0.2, 0) is 7.05 Å². The normalized spacial score (nSPS) is 11.0. The number of aromatic nitrogens is 5. The fraction of sp³-hybridized carbons (Fsp3) is 0.333. The van der Waals surface area contributed by atoms with Crippen LogP contribution in [0.15, 0.2) is 18.2 Å². The number of carbonyl (C=O) groups is 1. The van der Waals surface area contributed by atoms with Crippen LogP contribution in [-0.4, -0.2) is 44.3 Å². The smallest absolute Gasteiger partial charge is 0.278 e. The molecule has 2 N–H and O–H groups in total. The summed E-state index contributed by atoms with van der Waals surface area (Å²) in [5, 5.41) is 16.6. The monoisotopic (exact) mass is 330 g/mol. The molecule has 9 nitrogen and oxygen atoms in total. The van der Waals surface area contributed by atoms with Gasteiger partial charge in [0.15, 0.2) is 11.4 Å². The fourth-order valence-corrected chi connectivity index (χ4v) is 2.50. The minimum absolute atomic E-state index is 0.0957. The molecule has 3 aromatic rings. The highest BCUT2D eigenvalue weighted by atomic mass is 16.5. The van der Waals surface area contributed by atoms with Gasteiger partial charge in [0.05, 0.1) is 18.7 Å². The van der Waals surface area contributed by atoms with Crippen molar-refractivity contribution >= 4 is 22.8 Å². The van der Waals surface area contributed by atoms with Crippen molar-refractivity contribution in [2.75, 3.05) is 12.4 Å². The summed E-state index contributed by atoms with van der Waals surface area (Å²) < 4.78 is 13.0. The number of fused-ring (bicyclic) bond motifs is 1. The van der Waals surface area contributed by atoms with Gasteiger partial charge in [0.2, 0.25) is 0 Å². The molecule has 0 aliphatic carbocycles. The summed E-state index contributed by atoms with van der Waals surface area (Å²) in [4.78, 5) is 12.7. The molecule has 0 saturated carbocycles. The third kappa shape index (κ3) is 2.75. The van der Waals surface area contributed by atoms with Crippen molar-refractivity contribution in [3.05, 3.63) is 23.9 Å². The number of carbonyl (C=O) groups excluding carboxylic acids is 1. The first-order valence-corrected chi connectivity index (χ1v) is 7.39. The number of hydrogen-bond donors (Lipinski definition) is 2. The number of hydrogen-bond acceptors (Lipinski definition) is 6. The Hall–Kier alpha value is -3.10. The van der Waals surface area contributed by atoms with Crippen LogP contribution in [0.5, 0.6) is 11.5 Å². The van der Waals surface area contributed by atoms with Crippen molar-refractivity contribution in [2.45, 2.75) is 20.0 Å². The van der Waals surface area contributed by atoms with Gasteiger partial charge in [-0.1, -0.05) is 5.10 Å². The number of methoxy groups -OCH3 is 1. The first kappa shape index (κ1) is 15.8. The van der Waals surface area contributed by atoms with E-state index in [9.17, 15) is 4.79 Å². The zero-order chi connectivity index (χ0) is 17.3. The van der Waals surface area contributed by atoms with Gasteiger partial charge in [-0.15, -0.1) is 5.10 Å². The lowest BCUT2D eigenvalue weighted by atomic mass is 10.2. The number of benzene rings is 1. The topological polar surface area (TPSA) is 107 Å². The number of tetrazole rings is 1. The molecule has 0 fully saturated rings. The van der Waals surface area contributed by atoms with E-state index in [1.165, 1.54) is 0 Å². The van der Waals surface area contributed by atoms with Gasteiger partial charge < -0.3 is 14.0 Å². The van der Waals surface area contributed by atoms with Gasteiger partial charge >= 0.3 is 0 Å². The molecule has 0 bridgehead atoms. The van der Waals surface area contributed by atoms with Crippen molar-refractivity contribution in [3.8, 4) is 11.5 Å². The third-order valence-corrected chi connectivity index (χ3v) is 3.50. The van der Waals surface area contributed by atoms with Crippen LogP contribution >= 0.6 is 0 Å². The number of amides is 1. The first-order chi connectivity index (χ1) is 11.5. The largest absolute Gasteiger partial charge is 0.497 e. The van der Waals surface area contributed by atoms with Crippen LogP contribution in [0.3, 0.4) is 0 Å². The second-order valence-corrected chi connectivity index (χ2v) is 5.48. The molecular formula is C15H18N6O3. The Kier molecular flexibility index (Phi) is 4.07. The van der Waals surface area contributed by atoms with Crippen LogP contribution in [0.1, 0.15) is 24.3 Å². The van der Waals surface area contributed by atoms with Gasteiger partial charge in [-0.3, -0.25) is 10.1 Å². The summed E-state index contributed by atoms with van der Waals surface area (Å²) in [5.74, 6) is 0.886. The van der Waals surface area contributed by atoms with E-state index in [0.29, 0.717) is 17.2 Å². The second-order valence-electron chi connectivity index (χ2n) is 5.48. The van der Waals surface area contributed by atoms with Crippen LogP contribution < -0.4 is 14.8 Å². The zero-order valence-electron chi connectivity index (χ0n) is 13.8. The zero-order valence-corrected chi connectivity index (χ0v) is 13.8. The van der Waals surface area contributed by atoms with Crippen LogP contribution in [0.2, 0.25) is 0 Å². The van der Waals surface area contributed by atoms with Crippen molar-refractivity contribution in [3.63, 3.8) is 0 Å². The van der Waals surface area contributed by atoms with E-state index in [-0.39, 0.29) is 18.0 Å². The molecule has 0 aliphatic heterocycles. The second kappa shape index (κ2) is 6.19. The Morgan fingerprint density at radius 3 is 2.79 bits per heavy atom. The SMILES string of the molecule is COc1ccc2c(c1)c(OC(C)C)c(C(=O)Nc1nn[nH]n1)n2C. The maximum absolute atomic E-state index is 12.7. The lowest BCUT2D eigenvalue weighted by molar-refractivity contribution is 0.101. The molecule has 0 aliphatic rings. The number of ether oxygens (including phenoxy) is 2. The van der Waals surface area contributed by atoms with E-state index in [1.807, 2.05) is 32.0 Å². The average molecular weight is 330 g/mol. The standard InChI is InChI=1S/C15H18N6O3/c1-8(2)24-13-10-7-9(23-4)5-6-11(10)21(3)12(13)14(22)16-15-17-19-20-18-15/h5-8H,1-4H3,(H2,16,17,18,19,20,22). The average Bonchev–Trinajstić information content (AvgIpc) is 3.14. The molecule has 9 heteroatoms. The summed E-state index contributed by atoms with van der Waals surface area (Å²) in [6, 6.07) is 5.56. The molecule has 0 unspecified atom stereocenters. The van der Waals surface area contributed by atoms with E-state index in [0.717, 1.165) is 10.9 Å². The molecule has 0 spiro atoms. The highest BCUT2D eigenvalue weighted by Gasteiger charge is 2.24. The summed E-state index contributed by atoms with van der Waals surface area (Å²) >= 11 is 0. The van der Waals surface area contributed by atoms with Crippen LogP contribution in [0.25, 0.3) is 10.9 Å². The number of rotatable bonds is 5. The van der Waals surface area contributed by atoms with Crippen molar-refractivity contribution in [2.24, 2.45) is 7.05 Å². The molecule has 0 radical (unpaired) electrons. The van der Waals surface area contributed by atoms with E-state index in [1.54, 1.807) is 18.7 Å². The van der Waals surface area contributed by atoms with Crippen molar-refractivity contribution in [1.82, 2.24) is 25.2 Å². The fourth-order valence-electron chi connectivity index (χ4n) is 2.50. The first-order valence-electron chi connectivity index (χ1n) is 7.39. The Morgan fingerprint density at radius 2 is 2.17 bits per heavy atom. The van der Waals surface area contributed by atoms with Crippen molar-refractivity contribution < 1.29 is 14.3 Å². The summed E-state index contributed by atoms with van der Waals surface area (Å²) in [6.45, 7) is 3.81. The molecule has 126 valence electrons. The Labute approximate surface area is 137 Å². The molecule has 24 heavy (non-hydrogen) atoms. The number of aryl methyl sites for hydroxylation is 1. The van der Waals surface area contributed by atoms with Crippen molar-refractivity contribution in [1.29, 1.82) is 0 Å². The lowest BCUT2D eigenvalue weighted by Gasteiger charge is -2.11. The Morgan fingerprint density at radius 1 is 1.38 bits per heavy atom. The minimum atomic E-state index is -0.385. The van der Waals surface area contributed by atoms with E-state index >= 15 is 0 Å². The Bertz CT molecular complexity index is 869. The maximum Gasteiger partial charge on any atom is 0.278 e. The molecular weight excluding hydrogens is 312 g/mol. The highest BCUT2D eigenvalue weighted by molar-refractivity contribution is 6.09. The van der Waals surface area contributed by atoms with Crippen LogP contribution in [0.4, 0.5) is 5.95 Å². The summed E-state index contributed by atoms with van der Waals surface area (Å²) in [5.41, 5.74) is 1.22. The number of aromatic amines is 1. The summed E-state index contributed by atoms with van der Waals surface area (Å²) in [6.07, 6.45) is -0.0986. The van der Waals surface area contributed by atoms with Gasteiger partial charge in [-0.2, -0.15) is 5.21 Å². The quantitative estimate of drug-likeness (QED) is 0.738. The molecule has 1 amide bonds. The summed E-state index contributed by atoms with van der Waals surface area (Å²) in [7, 11) is 3.39. The minimum Gasteiger partial charge on any atom is -0.497 e. The Balaban J connectivity index is 2.13. The van der Waals surface area contributed by atoms with Gasteiger partial charge in [-0.25, -0.2) is 0 Å². The number of nitrogens with one attached hydrogen (secondary N) is 2. The molecule has 1 aromatic carbocycles. The van der Waals surface area contributed by atoms with Gasteiger partial charge in [0.25, 0.3) is 11.9 Å². The lowest BCUT2D eigenvalue weighted by Crippen LogP contribution is -2.19. The van der Waals surface area contributed by atoms with Gasteiger partial charge in [-0.05, 0) is 37.3 Å². The van der Waals surface area contributed by atoms with E-state index < -0.39 is 0 Å². The highest BCUT2D eigenvalue weighted by Crippen LogP contribution is 2.36. The molecule has 0 atom stereocenters. The number of H-pyrrole nitrogens is 1.